The van der Waals surface area contributed by atoms with Gasteiger partial charge in [0.1, 0.15) is 5.82 Å². The highest BCUT2D eigenvalue weighted by Crippen LogP contribution is 2.39. The number of ketones is 2. The Labute approximate surface area is 166 Å². The van der Waals surface area contributed by atoms with Crippen LogP contribution in [0.3, 0.4) is 0 Å². The van der Waals surface area contributed by atoms with Crippen molar-refractivity contribution < 1.29 is 24.2 Å². The van der Waals surface area contributed by atoms with Gasteiger partial charge in [0, 0.05) is 12.3 Å². The van der Waals surface area contributed by atoms with Crippen molar-refractivity contribution in [3.05, 3.63) is 35.1 Å². The van der Waals surface area contributed by atoms with Crippen LogP contribution >= 0.6 is 0 Å². The van der Waals surface area contributed by atoms with Gasteiger partial charge in [0.25, 0.3) is 0 Å². The molecule has 5 heteroatoms. The summed E-state index contributed by atoms with van der Waals surface area (Å²) in [5, 5.41) is 18.7. The molecule has 3 rings (SSSR count). The highest BCUT2D eigenvalue weighted by Gasteiger charge is 2.35. The van der Waals surface area contributed by atoms with Crippen LogP contribution in [0.4, 0.5) is 4.39 Å². The predicted molar refractivity (Wildman–Crippen MR) is 104 cm³/mol. The topological polar surface area (TPSA) is 74.6 Å². The molecule has 0 spiro atoms. The molecular weight excluding hydrogens is 359 g/mol. The summed E-state index contributed by atoms with van der Waals surface area (Å²) in [5.74, 6) is -0.575. The summed E-state index contributed by atoms with van der Waals surface area (Å²) in [4.78, 5) is 24.0. The lowest BCUT2D eigenvalue weighted by molar-refractivity contribution is -0.141. The van der Waals surface area contributed by atoms with E-state index in [1.807, 2.05) is 6.07 Å². The molecule has 0 aromatic heterocycles. The van der Waals surface area contributed by atoms with Gasteiger partial charge in [0.05, 0.1) is 6.61 Å². The van der Waals surface area contributed by atoms with Gasteiger partial charge in [0.15, 0.2) is 17.7 Å². The van der Waals surface area contributed by atoms with Crippen molar-refractivity contribution in [3.63, 3.8) is 0 Å². The minimum absolute atomic E-state index is 0.168. The molecule has 0 amide bonds. The number of Topliss-reactive ketones (excluding diaryl/α,β-unsaturated/α-hetero) is 2. The molecule has 0 bridgehead atoms. The van der Waals surface area contributed by atoms with Crippen LogP contribution in [-0.2, 0) is 16.0 Å². The second-order valence-corrected chi connectivity index (χ2v) is 8.48. The summed E-state index contributed by atoms with van der Waals surface area (Å²) in [6, 6.07) is 5.16. The van der Waals surface area contributed by atoms with Crippen LogP contribution in [0.2, 0.25) is 0 Å². The minimum Gasteiger partial charge on any atom is -0.396 e. The lowest BCUT2D eigenvalue weighted by Gasteiger charge is -2.17. The molecule has 3 unspecified atom stereocenters. The van der Waals surface area contributed by atoms with Gasteiger partial charge in [0.2, 0.25) is 0 Å². The van der Waals surface area contributed by atoms with Gasteiger partial charge in [-0.3, -0.25) is 9.59 Å². The van der Waals surface area contributed by atoms with Crippen molar-refractivity contribution in [2.45, 2.75) is 76.2 Å². The van der Waals surface area contributed by atoms with Gasteiger partial charge in [-0.1, -0.05) is 18.9 Å². The van der Waals surface area contributed by atoms with E-state index < -0.39 is 17.7 Å². The second-order valence-electron chi connectivity index (χ2n) is 8.48. The van der Waals surface area contributed by atoms with E-state index in [9.17, 15) is 19.1 Å². The molecule has 3 atom stereocenters. The minimum atomic E-state index is -1.60. The van der Waals surface area contributed by atoms with Crippen LogP contribution in [-0.4, -0.2) is 34.5 Å². The van der Waals surface area contributed by atoms with Gasteiger partial charge in [-0.2, -0.15) is 0 Å². The molecule has 4 nitrogen and oxygen atoms in total. The quantitative estimate of drug-likeness (QED) is 0.630. The maximum absolute atomic E-state index is 13.8. The van der Waals surface area contributed by atoms with E-state index in [0.717, 1.165) is 37.7 Å². The van der Waals surface area contributed by atoms with Crippen LogP contribution < -0.4 is 0 Å². The van der Waals surface area contributed by atoms with Gasteiger partial charge in [-0.05, 0) is 80.0 Å². The maximum Gasteiger partial charge on any atom is 0.171 e. The number of aryl methyl sites for hydroxylation is 1. The summed E-state index contributed by atoms with van der Waals surface area (Å²) in [5.41, 5.74) is 2.38. The van der Waals surface area contributed by atoms with Gasteiger partial charge < -0.3 is 10.2 Å². The first-order valence-corrected chi connectivity index (χ1v) is 10.6. The van der Waals surface area contributed by atoms with E-state index in [-0.39, 0.29) is 24.8 Å². The fourth-order valence-electron chi connectivity index (χ4n) is 4.99. The van der Waals surface area contributed by atoms with Crippen LogP contribution in [0.25, 0.3) is 0 Å². The fraction of sp³-hybridized carbons (Fsp3) is 0.652. The molecular formula is C23H31FO4. The molecule has 2 saturated carbocycles. The Kier molecular flexibility index (Phi) is 7.36. The maximum atomic E-state index is 13.8. The third-order valence-electron chi connectivity index (χ3n) is 6.60. The number of aliphatic hydroxyl groups excluding tert-OH is 2. The SMILES string of the molecule is O=C(CCO)C(O)C(=O)C1CCC(CCc2ccc(F)cc2C2CCCC2)C1. The summed E-state index contributed by atoms with van der Waals surface area (Å²) in [7, 11) is 0. The average Bonchev–Trinajstić information content (AvgIpc) is 3.38. The van der Waals surface area contributed by atoms with Gasteiger partial charge in [-0.25, -0.2) is 4.39 Å². The smallest absolute Gasteiger partial charge is 0.171 e. The van der Waals surface area contributed by atoms with Crippen LogP contribution in [0.1, 0.15) is 74.8 Å². The van der Waals surface area contributed by atoms with E-state index in [0.29, 0.717) is 24.7 Å². The predicted octanol–water partition coefficient (Wildman–Crippen LogP) is 3.71. The number of hydrogen-bond donors (Lipinski definition) is 2. The first-order chi connectivity index (χ1) is 13.5. The monoisotopic (exact) mass is 390 g/mol. The van der Waals surface area contributed by atoms with E-state index in [1.54, 1.807) is 6.07 Å². The lowest BCUT2D eigenvalue weighted by atomic mass is 9.88. The molecule has 154 valence electrons. The summed E-state index contributed by atoms with van der Waals surface area (Å²) in [6.45, 7) is -0.350. The van der Waals surface area contributed by atoms with Crippen molar-refractivity contribution >= 4 is 11.6 Å². The number of carbonyl (C=O) groups is 2. The Morgan fingerprint density at radius 2 is 1.89 bits per heavy atom. The molecule has 0 radical (unpaired) electrons. The second kappa shape index (κ2) is 9.75. The Morgan fingerprint density at radius 3 is 2.61 bits per heavy atom. The Hall–Kier alpha value is -1.59. The molecule has 28 heavy (non-hydrogen) atoms. The zero-order valence-electron chi connectivity index (χ0n) is 16.4. The third kappa shape index (κ3) is 5.06. The highest BCUT2D eigenvalue weighted by atomic mass is 19.1. The van der Waals surface area contributed by atoms with Crippen molar-refractivity contribution in [2.75, 3.05) is 6.61 Å². The first kappa shape index (κ1) is 21.1. The van der Waals surface area contributed by atoms with Crippen molar-refractivity contribution in [1.29, 1.82) is 0 Å². The number of aliphatic hydroxyl groups is 2. The molecule has 0 heterocycles. The molecule has 0 aliphatic heterocycles. The molecule has 1 aromatic carbocycles. The molecule has 2 N–H and O–H groups in total. The summed E-state index contributed by atoms with van der Waals surface area (Å²) >= 11 is 0. The Bertz CT molecular complexity index is 696. The standard InChI is InChI=1S/C23H31FO4/c24-19-10-9-17(20(14-19)16-3-1-2-4-16)7-5-15-6-8-18(13-15)22(27)23(28)21(26)11-12-25/h9-10,14-16,18,23,25,28H,1-8,11-13H2. The molecule has 1 aromatic rings. The first-order valence-electron chi connectivity index (χ1n) is 10.6. The zero-order valence-corrected chi connectivity index (χ0v) is 16.4. The largest absolute Gasteiger partial charge is 0.396 e. The summed E-state index contributed by atoms with van der Waals surface area (Å²) < 4.78 is 13.8. The van der Waals surface area contributed by atoms with Crippen molar-refractivity contribution in [1.82, 2.24) is 0 Å². The lowest BCUT2D eigenvalue weighted by Crippen LogP contribution is -2.34. The van der Waals surface area contributed by atoms with E-state index in [1.165, 1.54) is 24.5 Å². The number of carbonyl (C=O) groups excluding carboxylic acids is 2. The third-order valence-corrected chi connectivity index (χ3v) is 6.60. The number of rotatable bonds is 9. The van der Waals surface area contributed by atoms with E-state index >= 15 is 0 Å². The van der Waals surface area contributed by atoms with E-state index in [4.69, 9.17) is 5.11 Å². The Morgan fingerprint density at radius 1 is 1.14 bits per heavy atom. The van der Waals surface area contributed by atoms with Crippen LogP contribution in [0.5, 0.6) is 0 Å². The van der Waals surface area contributed by atoms with Crippen molar-refractivity contribution in [2.24, 2.45) is 11.8 Å². The van der Waals surface area contributed by atoms with Crippen LogP contribution in [0.15, 0.2) is 18.2 Å². The fourth-order valence-corrected chi connectivity index (χ4v) is 4.99. The van der Waals surface area contributed by atoms with Gasteiger partial charge in [-0.15, -0.1) is 0 Å². The van der Waals surface area contributed by atoms with Crippen LogP contribution in [0, 0.1) is 17.7 Å². The van der Waals surface area contributed by atoms with Crippen molar-refractivity contribution in [3.8, 4) is 0 Å². The average molecular weight is 390 g/mol. The number of hydrogen-bond acceptors (Lipinski definition) is 4. The van der Waals surface area contributed by atoms with Gasteiger partial charge >= 0.3 is 0 Å². The zero-order chi connectivity index (χ0) is 20.1. The molecule has 0 saturated heterocycles. The molecule has 2 aliphatic carbocycles. The Balaban J connectivity index is 1.55. The number of benzene rings is 1. The van der Waals surface area contributed by atoms with E-state index in [2.05, 4.69) is 0 Å². The molecule has 2 aliphatic rings. The number of halogens is 1. The highest BCUT2D eigenvalue weighted by molar-refractivity contribution is 6.06. The normalized spacial score (nSPS) is 23.8. The summed E-state index contributed by atoms with van der Waals surface area (Å²) in [6.07, 6.45) is 7.05. The molecule has 2 fully saturated rings.